The number of nitrogens with one attached hydrogen (secondary N) is 1. The smallest absolute Gasteiger partial charge is 0.258 e. The predicted molar refractivity (Wildman–Crippen MR) is 78.4 cm³/mol. The van der Waals surface area contributed by atoms with Gasteiger partial charge >= 0.3 is 0 Å². The van der Waals surface area contributed by atoms with Gasteiger partial charge in [-0.05, 0) is 23.1 Å². The van der Waals surface area contributed by atoms with Gasteiger partial charge in [-0.2, -0.15) is 0 Å². The molecule has 6 heteroatoms. The summed E-state index contributed by atoms with van der Waals surface area (Å²) in [6.07, 6.45) is 1.67. The van der Waals surface area contributed by atoms with E-state index in [0.29, 0.717) is 23.7 Å². The first-order chi connectivity index (χ1) is 10.0. The molecular formula is C15H15N3O3. The number of hydrogen-bond acceptors (Lipinski definition) is 4. The van der Waals surface area contributed by atoms with Crippen LogP contribution in [0.2, 0.25) is 0 Å². The Hall–Kier alpha value is -2.63. The summed E-state index contributed by atoms with van der Waals surface area (Å²) in [4.78, 5) is 29.2. The van der Waals surface area contributed by atoms with Gasteiger partial charge in [-0.15, -0.1) is 0 Å². The summed E-state index contributed by atoms with van der Waals surface area (Å²) >= 11 is 0. The Morgan fingerprint density at radius 3 is 2.86 bits per heavy atom. The highest BCUT2D eigenvalue weighted by Crippen LogP contribution is 2.37. The number of amides is 2. The maximum Gasteiger partial charge on any atom is 0.258 e. The Bertz CT molecular complexity index is 770. The number of benzene rings is 1. The van der Waals surface area contributed by atoms with Crippen molar-refractivity contribution in [2.24, 2.45) is 0 Å². The quantitative estimate of drug-likeness (QED) is 0.913. The average Bonchev–Trinajstić information content (AvgIpc) is 2.74. The number of aromatic nitrogens is 1. The number of rotatable bonds is 2. The van der Waals surface area contributed by atoms with Gasteiger partial charge < -0.3 is 15.0 Å². The molecule has 108 valence electrons. The van der Waals surface area contributed by atoms with E-state index >= 15 is 0 Å². The van der Waals surface area contributed by atoms with Gasteiger partial charge in [-0.25, -0.2) is 4.98 Å². The average molecular weight is 285 g/mol. The summed E-state index contributed by atoms with van der Waals surface area (Å²) in [5.74, 6) is 0.798. The van der Waals surface area contributed by atoms with Crippen LogP contribution in [0, 0.1) is 0 Å². The van der Waals surface area contributed by atoms with Crippen molar-refractivity contribution >= 4 is 28.4 Å². The van der Waals surface area contributed by atoms with Gasteiger partial charge in [-0.3, -0.25) is 9.59 Å². The summed E-state index contributed by atoms with van der Waals surface area (Å²) < 4.78 is 5.33. The van der Waals surface area contributed by atoms with Crippen molar-refractivity contribution < 1.29 is 14.3 Å². The standard InChI is InChI=1S/C15H15N3O3/c1-8(19)17-13-5-10-9(6-16-13)4-12(21-3)14-11(10)7-18(2)15(14)20/h4-6H,7H2,1-3H3,(H,16,17,19). The van der Waals surface area contributed by atoms with Gasteiger partial charge in [-0.1, -0.05) is 0 Å². The van der Waals surface area contributed by atoms with Crippen LogP contribution in [0.5, 0.6) is 5.75 Å². The molecule has 1 aliphatic heterocycles. The lowest BCUT2D eigenvalue weighted by Crippen LogP contribution is -2.17. The Morgan fingerprint density at radius 2 is 2.19 bits per heavy atom. The van der Waals surface area contributed by atoms with Crippen molar-refractivity contribution in [3.8, 4) is 5.75 Å². The third kappa shape index (κ3) is 2.08. The zero-order valence-corrected chi connectivity index (χ0v) is 12.1. The fourth-order valence-electron chi connectivity index (χ4n) is 2.65. The van der Waals surface area contributed by atoms with Crippen LogP contribution < -0.4 is 10.1 Å². The van der Waals surface area contributed by atoms with E-state index in [9.17, 15) is 9.59 Å². The van der Waals surface area contributed by atoms with E-state index in [1.54, 1.807) is 37.4 Å². The lowest BCUT2D eigenvalue weighted by molar-refractivity contribution is -0.114. The first kappa shape index (κ1) is 13.4. The summed E-state index contributed by atoms with van der Waals surface area (Å²) in [6, 6.07) is 3.59. The minimum Gasteiger partial charge on any atom is -0.496 e. The van der Waals surface area contributed by atoms with E-state index in [-0.39, 0.29) is 11.8 Å². The lowest BCUT2D eigenvalue weighted by atomic mass is 10.0. The maximum atomic E-state index is 12.2. The number of carbonyl (C=O) groups excluding carboxylic acids is 2. The number of pyridine rings is 1. The van der Waals surface area contributed by atoms with Crippen LogP contribution in [0.3, 0.4) is 0 Å². The van der Waals surface area contributed by atoms with Crippen molar-refractivity contribution in [1.29, 1.82) is 0 Å². The molecule has 0 atom stereocenters. The third-order valence-electron chi connectivity index (χ3n) is 3.57. The minimum atomic E-state index is -0.180. The van der Waals surface area contributed by atoms with Gasteiger partial charge in [0.05, 0.1) is 12.7 Å². The van der Waals surface area contributed by atoms with Crippen LogP contribution in [0.25, 0.3) is 10.8 Å². The van der Waals surface area contributed by atoms with E-state index < -0.39 is 0 Å². The van der Waals surface area contributed by atoms with Gasteiger partial charge in [0.1, 0.15) is 11.6 Å². The van der Waals surface area contributed by atoms with Crippen molar-refractivity contribution in [2.45, 2.75) is 13.5 Å². The molecule has 1 N–H and O–H groups in total. The summed E-state index contributed by atoms with van der Waals surface area (Å²) in [5.41, 5.74) is 1.50. The van der Waals surface area contributed by atoms with Gasteiger partial charge in [0, 0.05) is 32.1 Å². The van der Waals surface area contributed by atoms with Crippen molar-refractivity contribution in [1.82, 2.24) is 9.88 Å². The van der Waals surface area contributed by atoms with Crippen LogP contribution in [0.15, 0.2) is 18.3 Å². The van der Waals surface area contributed by atoms with E-state index in [0.717, 1.165) is 16.3 Å². The second-order valence-corrected chi connectivity index (χ2v) is 5.07. The molecule has 2 amide bonds. The van der Waals surface area contributed by atoms with Gasteiger partial charge in [0.2, 0.25) is 5.91 Å². The highest BCUT2D eigenvalue weighted by Gasteiger charge is 2.30. The largest absolute Gasteiger partial charge is 0.496 e. The molecule has 1 aromatic carbocycles. The molecule has 0 fully saturated rings. The molecule has 0 saturated carbocycles. The molecule has 1 aromatic heterocycles. The van der Waals surface area contributed by atoms with Gasteiger partial charge in [0.25, 0.3) is 5.91 Å². The summed E-state index contributed by atoms with van der Waals surface area (Å²) in [7, 11) is 3.30. The van der Waals surface area contributed by atoms with Crippen molar-refractivity contribution in [3.63, 3.8) is 0 Å². The van der Waals surface area contributed by atoms with Crippen molar-refractivity contribution in [2.75, 3.05) is 19.5 Å². The molecule has 2 heterocycles. The molecule has 21 heavy (non-hydrogen) atoms. The molecule has 6 nitrogen and oxygen atoms in total. The van der Waals surface area contributed by atoms with Crippen LogP contribution in [-0.2, 0) is 11.3 Å². The zero-order chi connectivity index (χ0) is 15.1. The Balaban J connectivity index is 2.26. The first-order valence-corrected chi connectivity index (χ1v) is 6.54. The molecule has 0 unspecified atom stereocenters. The molecule has 0 saturated heterocycles. The SMILES string of the molecule is COc1cc2cnc(NC(C)=O)cc2c2c1C(=O)N(C)C2. The number of methoxy groups -OCH3 is 1. The first-order valence-electron chi connectivity index (χ1n) is 6.54. The number of carbonyl (C=O) groups is 2. The fourth-order valence-corrected chi connectivity index (χ4v) is 2.65. The summed E-state index contributed by atoms with van der Waals surface area (Å²) in [5, 5.41) is 4.44. The topological polar surface area (TPSA) is 71.5 Å². The van der Waals surface area contributed by atoms with E-state index in [4.69, 9.17) is 4.74 Å². The van der Waals surface area contributed by atoms with E-state index in [1.807, 2.05) is 0 Å². The predicted octanol–water partition coefficient (Wildman–Crippen LogP) is 1.79. The van der Waals surface area contributed by atoms with Crippen LogP contribution in [0.4, 0.5) is 5.82 Å². The van der Waals surface area contributed by atoms with Crippen LogP contribution in [-0.4, -0.2) is 35.9 Å². The van der Waals surface area contributed by atoms with Crippen LogP contribution in [0.1, 0.15) is 22.8 Å². The molecule has 0 radical (unpaired) electrons. The number of fused-ring (bicyclic) bond motifs is 3. The normalized spacial score (nSPS) is 13.5. The highest BCUT2D eigenvalue weighted by atomic mass is 16.5. The molecule has 0 bridgehead atoms. The van der Waals surface area contributed by atoms with Gasteiger partial charge in [0.15, 0.2) is 0 Å². The van der Waals surface area contributed by atoms with Crippen LogP contribution >= 0.6 is 0 Å². The Kier molecular flexibility index (Phi) is 3.01. The maximum absolute atomic E-state index is 12.2. The minimum absolute atomic E-state index is 0.0540. The Morgan fingerprint density at radius 1 is 1.43 bits per heavy atom. The molecule has 0 aliphatic carbocycles. The molecular weight excluding hydrogens is 270 g/mol. The molecule has 1 aliphatic rings. The number of anilines is 1. The lowest BCUT2D eigenvalue weighted by Gasteiger charge is -2.10. The van der Waals surface area contributed by atoms with Crippen molar-refractivity contribution in [3.05, 3.63) is 29.5 Å². The number of ether oxygens (including phenoxy) is 1. The molecule has 3 rings (SSSR count). The Labute approximate surface area is 121 Å². The zero-order valence-electron chi connectivity index (χ0n) is 12.1. The monoisotopic (exact) mass is 285 g/mol. The molecule has 2 aromatic rings. The molecule has 0 spiro atoms. The number of nitrogens with zero attached hydrogens (tertiary/aromatic N) is 2. The third-order valence-corrected chi connectivity index (χ3v) is 3.57. The second kappa shape index (κ2) is 4.73. The van der Waals surface area contributed by atoms with E-state index in [1.165, 1.54) is 6.92 Å². The second-order valence-electron chi connectivity index (χ2n) is 5.07. The van der Waals surface area contributed by atoms with E-state index in [2.05, 4.69) is 10.3 Å². The summed E-state index contributed by atoms with van der Waals surface area (Å²) in [6.45, 7) is 1.95. The highest BCUT2D eigenvalue weighted by molar-refractivity contribution is 6.07. The number of hydrogen-bond donors (Lipinski definition) is 1. The fraction of sp³-hybridized carbons (Fsp3) is 0.267.